The Morgan fingerprint density at radius 3 is 2.56 bits per heavy atom. The van der Waals surface area contributed by atoms with E-state index in [1.165, 1.54) is 5.56 Å². The predicted octanol–water partition coefficient (Wildman–Crippen LogP) is 2.41. The van der Waals surface area contributed by atoms with Gasteiger partial charge in [0, 0.05) is 39.0 Å². The first-order valence-corrected chi connectivity index (χ1v) is 10.4. The number of hydrogen-bond donors (Lipinski definition) is 0. The Balaban J connectivity index is 1.55. The minimum atomic E-state index is 0.199. The molecule has 0 atom stereocenters. The summed E-state index contributed by atoms with van der Waals surface area (Å²) in [5.74, 6) is 0.993. The van der Waals surface area contributed by atoms with Crippen LogP contribution in [-0.4, -0.2) is 72.8 Å². The van der Waals surface area contributed by atoms with Gasteiger partial charge in [-0.05, 0) is 57.3 Å². The Kier molecular flexibility index (Phi) is 7.27. The maximum Gasteiger partial charge on any atom is 0.224 e. The molecule has 5 heteroatoms. The van der Waals surface area contributed by atoms with Gasteiger partial charge in [-0.2, -0.15) is 0 Å². The fourth-order valence-electron chi connectivity index (χ4n) is 4.11. The van der Waals surface area contributed by atoms with Crippen LogP contribution in [0.3, 0.4) is 0 Å². The fraction of sp³-hybridized carbons (Fsp3) is 0.636. The molecule has 3 rings (SSSR count). The standard InChI is InChI=1S/C22H33N3O2/c1-23-14-9-20(10-15-23)18-25(16-11-19-6-3-2-4-7-19)22(27)12-17-24-13-5-8-21(24)26/h2-4,6-7,20H,5,8-18H2,1H3. The molecule has 0 N–H and O–H groups in total. The third-order valence-corrected chi connectivity index (χ3v) is 5.95. The van der Waals surface area contributed by atoms with Crippen molar-refractivity contribution in [2.45, 2.75) is 38.5 Å². The maximum atomic E-state index is 12.9. The van der Waals surface area contributed by atoms with Crippen LogP contribution in [0.5, 0.6) is 0 Å². The Morgan fingerprint density at radius 1 is 1.15 bits per heavy atom. The van der Waals surface area contributed by atoms with Crippen LogP contribution >= 0.6 is 0 Å². The molecule has 2 fully saturated rings. The summed E-state index contributed by atoms with van der Waals surface area (Å²) in [6.07, 6.45) is 5.24. The molecule has 148 valence electrons. The molecular formula is C22H33N3O2. The van der Waals surface area contributed by atoms with Crippen molar-refractivity contribution >= 4 is 11.8 Å². The van der Waals surface area contributed by atoms with E-state index < -0.39 is 0 Å². The Bertz CT molecular complexity index is 611. The number of nitrogens with zero attached hydrogens (tertiary/aromatic N) is 3. The van der Waals surface area contributed by atoms with Crippen LogP contribution in [0.15, 0.2) is 30.3 Å². The number of benzene rings is 1. The number of likely N-dealkylation sites (tertiary alicyclic amines) is 2. The smallest absolute Gasteiger partial charge is 0.224 e. The van der Waals surface area contributed by atoms with Gasteiger partial charge in [0.2, 0.25) is 11.8 Å². The van der Waals surface area contributed by atoms with Crippen LogP contribution < -0.4 is 0 Å². The van der Waals surface area contributed by atoms with Crippen molar-refractivity contribution in [2.24, 2.45) is 5.92 Å². The summed E-state index contributed by atoms with van der Waals surface area (Å²) in [6, 6.07) is 10.4. The molecule has 2 saturated heterocycles. The van der Waals surface area contributed by atoms with Crippen molar-refractivity contribution in [3.63, 3.8) is 0 Å². The zero-order valence-corrected chi connectivity index (χ0v) is 16.6. The predicted molar refractivity (Wildman–Crippen MR) is 107 cm³/mol. The minimum absolute atomic E-state index is 0.199. The lowest BCUT2D eigenvalue weighted by Crippen LogP contribution is -2.42. The van der Waals surface area contributed by atoms with Gasteiger partial charge in [-0.1, -0.05) is 30.3 Å². The van der Waals surface area contributed by atoms with Crippen molar-refractivity contribution in [3.05, 3.63) is 35.9 Å². The fourth-order valence-corrected chi connectivity index (χ4v) is 4.11. The van der Waals surface area contributed by atoms with E-state index in [1.54, 1.807) is 0 Å². The van der Waals surface area contributed by atoms with Gasteiger partial charge in [-0.15, -0.1) is 0 Å². The summed E-state index contributed by atoms with van der Waals surface area (Å²) in [4.78, 5) is 31.0. The average Bonchev–Trinajstić information content (AvgIpc) is 3.10. The van der Waals surface area contributed by atoms with Gasteiger partial charge < -0.3 is 14.7 Å². The molecule has 1 aromatic carbocycles. The number of carbonyl (C=O) groups excluding carboxylic acids is 2. The third-order valence-electron chi connectivity index (χ3n) is 5.95. The third kappa shape index (κ3) is 6.06. The molecule has 1 aromatic rings. The van der Waals surface area contributed by atoms with Gasteiger partial charge in [0.25, 0.3) is 0 Å². The number of hydrogen-bond acceptors (Lipinski definition) is 3. The highest BCUT2D eigenvalue weighted by molar-refractivity contribution is 5.80. The first-order chi connectivity index (χ1) is 13.1. The summed E-state index contributed by atoms with van der Waals surface area (Å²) in [7, 11) is 2.17. The lowest BCUT2D eigenvalue weighted by atomic mass is 9.96. The summed E-state index contributed by atoms with van der Waals surface area (Å²) in [6.45, 7) is 5.25. The summed E-state index contributed by atoms with van der Waals surface area (Å²) >= 11 is 0. The van der Waals surface area contributed by atoms with Crippen LogP contribution in [0.1, 0.15) is 37.7 Å². The monoisotopic (exact) mass is 371 g/mol. The second-order valence-corrected chi connectivity index (χ2v) is 8.06. The SMILES string of the molecule is CN1CCC(CN(CCc2ccccc2)C(=O)CCN2CCCC2=O)CC1. The number of carbonyl (C=O) groups is 2. The minimum Gasteiger partial charge on any atom is -0.342 e. The van der Waals surface area contributed by atoms with Crippen molar-refractivity contribution < 1.29 is 9.59 Å². The normalized spacial score (nSPS) is 18.9. The molecular weight excluding hydrogens is 338 g/mol. The number of piperidine rings is 1. The molecule has 2 aliphatic heterocycles. The second kappa shape index (κ2) is 9.88. The van der Waals surface area contributed by atoms with E-state index in [0.29, 0.717) is 25.3 Å². The van der Waals surface area contributed by atoms with Crippen LogP contribution in [0.2, 0.25) is 0 Å². The Morgan fingerprint density at radius 2 is 1.89 bits per heavy atom. The zero-order chi connectivity index (χ0) is 19.1. The van der Waals surface area contributed by atoms with Crippen LogP contribution in [-0.2, 0) is 16.0 Å². The highest BCUT2D eigenvalue weighted by Gasteiger charge is 2.25. The topological polar surface area (TPSA) is 43.9 Å². The first-order valence-electron chi connectivity index (χ1n) is 10.4. The summed E-state index contributed by atoms with van der Waals surface area (Å²) in [5, 5.41) is 0. The van der Waals surface area contributed by atoms with E-state index in [2.05, 4.69) is 41.1 Å². The molecule has 0 unspecified atom stereocenters. The van der Waals surface area contributed by atoms with Gasteiger partial charge in [0.1, 0.15) is 0 Å². The largest absolute Gasteiger partial charge is 0.342 e. The second-order valence-electron chi connectivity index (χ2n) is 8.06. The first kappa shape index (κ1) is 19.9. The zero-order valence-electron chi connectivity index (χ0n) is 16.6. The van der Waals surface area contributed by atoms with Crippen LogP contribution in [0.4, 0.5) is 0 Å². The maximum absolute atomic E-state index is 12.9. The highest BCUT2D eigenvalue weighted by Crippen LogP contribution is 2.19. The lowest BCUT2D eigenvalue weighted by molar-refractivity contribution is -0.133. The summed E-state index contributed by atoms with van der Waals surface area (Å²) in [5.41, 5.74) is 1.27. The molecule has 2 amide bonds. The molecule has 0 bridgehead atoms. The van der Waals surface area contributed by atoms with E-state index in [-0.39, 0.29) is 11.8 Å². The molecule has 5 nitrogen and oxygen atoms in total. The number of amides is 2. The van der Waals surface area contributed by atoms with E-state index >= 15 is 0 Å². The summed E-state index contributed by atoms with van der Waals surface area (Å²) < 4.78 is 0. The molecule has 0 saturated carbocycles. The van der Waals surface area contributed by atoms with Gasteiger partial charge >= 0.3 is 0 Å². The van der Waals surface area contributed by atoms with Crippen molar-refractivity contribution in [1.82, 2.24) is 14.7 Å². The Hall–Kier alpha value is -1.88. The van der Waals surface area contributed by atoms with Crippen molar-refractivity contribution in [2.75, 3.05) is 46.3 Å². The van der Waals surface area contributed by atoms with Gasteiger partial charge in [0.05, 0.1) is 0 Å². The quantitative estimate of drug-likeness (QED) is 0.705. The lowest BCUT2D eigenvalue weighted by Gasteiger charge is -2.33. The molecule has 0 aromatic heterocycles. The van der Waals surface area contributed by atoms with E-state index in [9.17, 15) is 9.59 Å². The Labute approximate surface area is 163 Å². The van der Waals surface area contributed by atoms with E-state index in [0.717, 1.165) is 58.4 Å². The average molecular weight is 372 g/mol. The molecule has 0 aliphatic carbocycles. The van der Waals surface area contributed by atoms with E-state index in [1.807, 2.05) is 11.0 Å². The molecule has 2 heterocycles. The molecule has 0 spiro atoms. The van der Waals surface area contributed by atoms with Crippen molar-refractivity contribution in [3.8, 4) is 0 Å². The molecule has 2 aliphatic rings. The van der Waals surface area contributed by atoms with Gasteiger partial charge in [-0.25, -0.2) is 0 Å². The van der Waals surface area contributed by atoms with Gasteiger partial charge in [0.15, 0.2) is 0 Å². The van der Waals surface area contributed by atoms with E-state index in [4.69, 9.17) is 0 Å². The number of rotatable bonds is 8. The van der Waals surface area contributed by atoms with Crippen molar-refractivity contribution in [1.29, 1.82) is 0 Å². The van der Waals surface area contributed by atoms with Crippen LogP contribution in [0.25, 0.3) is 0 Å². The molecule has 27 heavy (non-hydrogen) atoms. The highest BCUT2D eigenvalue weighted by atomic mass is 16.2. The molecule has 0 radical (unpaired) electrons. The van der Waals surface area contributed by atoms with Gasteiger partial charge in [-0.3, -0.25) is 9.59 Å². The van der Waals surface area contributed by atoms with Crippen LogP contribution in [0, 0.1) is 5.92 Å².